The number of aryl methyl sites for hydroxylation is 1. The van der Waals surface area contributed by atoms with Crippen LogP contribution in [0.2, 0.25) is 0 Å². The molecular formula is C15H17FN2O2S. The van der Waals surface area contributed by atoms with Gasteiger partial charge in [-0.2, -0.15) is 0 Å². The van der Waals surface area contributed by atoms with E-state index in [9.17, 15) is 12.8 Å². The Labute approximate surface area is 123 Å². The Morgan fingerprint density at radius 2 is 1.90 bits per heavy atom. The Morgan fingerprint density at radius 3 is 2.52 bits per heavy atom. The Balaban J connectivity index is 2.29. The maximum absolute atomic E-state index is 13.2. The van der Waals surface area contributed by atoms with Gasteiger partial charge in [-0.25, -0.2) is 17.5 Å². The third-order valence-corrected chi connectivity index (χ3v) is 4.87. The summed E-state index contributed by atoms with van der Waals surface area (Å²) in [7, 11) is -3.70. The number of benzene rings is 2. The fourth-order valence-corrected chi connectivity index (χ4v) is 3.57. The molecule has 2 rings (SSSR count). The lowest BCUT2D eigenvalue weighted by atomic mass is 10.1. The van der Waals surface area contributed by atoms with E-state index in [4.69, 9.17) is 5.73 Å². The monoisotopic (exact) mass is 308 g/mol. The van der Waals surface area contributed by atoms with Gasteiger partial charge >= 0.3 is 0 Å². The minimum Gasteiger partial charge on any atom is -0.399 e. The molecule has 0 aliphatic rings. The minimum absolute atomic E-state index is 0.167. The molecule has 0 amide bonds. The Kier molecular flexibility index (Phi) is 4.29. The maximum Gasteiger partial charge on any atom is 0.241 e. The predicted molar refractivity (Wildman–Crippen MR) is 80.7 cm³/mol. The summed E-state index contributed by atoms with van der Waals surface area (Å²) in [6.07, 6.45) is 0. The molecule has 0 aliphatic carbocycles. The average molecular weight is 308 g/mol. The molecule has 0 radical (unpaired) electrons. The second-order valence-corrected chi connectivity index (χ2v) is 6.61. The van der Waals surface area contributed by atoms with E-state index in [-0.39, 0.29) is 4.90 Å². The molecule has 0 fully saturated rings. The van der Waals surface area contributed by atoms with Crippen molar-refractivity contribution in [2.75, 3.05) is 5.73 Å². The van der Waals surface area contributed by atoms with Crippen molar-refractivity contribution in [3.05, 3.63) is 59.4 Å². The van der Waals surface area contributed by atoms with Gasteiger partial charge in [0.25, 0.3) is 0 Å². The van der Waals surface area contributed by atoms with Crippen molar-refractivity contribution in [3.8, 4) is 0 Å². The quantitative estimate of drug-likeness (QED) is 0.853. The van der Waals surface area contributed by atoms with E-state index in [1.54, 1.807) is 32.0 Å². The van der Waals surface area contributed by atoms with Crippen LogP contribution in [0.25, 0.3) is 0 Å². The van der Waals surface area contributed by atoms with Crippen molar-refractivity contribution >= 4 is 15.7 Å². The summed E-state index contributed by atoms with van der Waals surface area (Å²) in [5.41, 5.74) is 7.25. The Morgan fingerprint density at radius 1 is 1.19 bits per heavy atom. The van der Waals surface area contributed by atoms with Crippen molar-refractivity contribution < 1.29 is 12.8 Å². The topological polar surface area (TPSA) is 72.2 Å². The molecule has 3 N–H and O–H groups in total. The van der Waals surface area contributed by atoms with Crippen LogP contribution in [0.15, 0.2) is 47.4 Å². The average Bonchev–Trinajstić information content (AvgIpc) is 2.37. The maximum atomic E-state index is 13.2. The van der Waals surface area contributed by atoms with Gasteiger partial charge in [0.1, 0.15) is 5.82 Å². The lowest BCUT2D eigenvalue weighted by Gasteiger charge is -2.16. The van der Waals surface area contributed by atoms with Crippen LogP contribution in [0, 0.1) is 12.7 Å². The smallest absolute Gasteiger partial charge is 0.241 e. The predicted octanol–water partition coefficient (Wildman–Crippen LogP) is 2.76. The summed E-state index contributed by atoms with van der Waals surface area (Å²) in [4.78, 5) is 0.167. The van der Waals surface area contributed by atoms with Crippen molar-refractivity contribution in [1.82, 2.24) is 4.72 Å². The summed E-state index contributed by atoms with van der Waals surface area (Å²) < 4.78 is 40.5. The zero-order valence-electron chi connectivity index (χ0n) is 11.8. The van der Waals surface area contributed by atoms with E-state index in [0.29, 0.717) is 16.8 Å². The van der Waals surface area contributed by atoms with Crippen LogP contribution in [0.5, 0.6) is 0 Å². The van der Waals surface area contributed by atoms with Gasteiger partial charge in [0.2, 0.25) is 10.0 Å². The summed E-state index contributed by atoms with van der Waals surface area (Å²) in [5.74, 6) is -0.401. The number of nitrogen functional groups attached to an aromatic ring is 1. The fourth-order valence-electron chi connectivity index (χ4n) is 2.11. The van der Waals surface area contributed by atoms with Crippen molar-refractivity contribution in [2.24, 2.45) is 0 Å². The summed E-state index contributed by atoms with van der Waals surface area (Å²) in [6, 6.07) is 9.90. The molecule has 2 aromatic carbocycles. The van der Waals surface area contributed by atoms with Gasteiger partial charge in [-0.15, -0.1) is 0 Å². The first-order valence-electron chi connectivity index (χ1n) is 6.43. The molecular weight excluding hydrogens is 291 g/mol. The van der Waals surface area contributed by atoms with E-state index in [1.165, 1.54) is 24.3 Å². The zero-order valence-corrected chi connectivity index (χ0v) is 12.6. The molecule has 0 heterocycles. The molecule has 1 atom stereocenters. The fraction of sp³-hybridized carbons (Fsp3) is 0.200. The number of rotatable bonds is 4. The summed E-state index contributed by atoms with van der Waals surface area (Å²) in [6.45, 7) is 3.34. The number of halogens is 1. The molecule has 0 bridgehead atoms. The number of anilines is 1. The van der Waals surface area contributed by atoms with E-state index in [0.717, 1.165) is 0 Å². The highest BCUT2D eigenvalue weighted by molar-refractivity contribution is 7.89. The van der Waals surface area contributed by atoms with Crippen LogP contribution in [0.3, 0.4) is 0 Å². The Bertz CT molecular complexity index is 760. The van der Waals surface area contributed by atoms with Crippen LogP contribution < -0.4 is 10.5 Å². The zero-order chi connectivity index (χ0) is 15.6. The number of nitrogens with two attached hydrogens (primary N) is 1. The second kappa shape index (κ2) is 5.83. The minimum atomic E-state index is -3.70. The van der Waals surface area contributed by atoms with Gasteiger partial charge in [0.15, 0.2) is 0 Å². The van der Waals surface area contributed by atoms with E-state index >= 15 is 0 Å². The highest BCUT2D eigenvalue weighted by atomic mass is 32.2. The van der Waals surface area contributed by atoms with Gasteiger partial charge in [-0.3, -0.25) is 0 Å². The molecule has 112 valence electrons. The van der Waals surface area contributed by atoms with Crippen LogP contribution >= 0.6 is 0 Å². The second-order valence-electron chi connectivity index (χ2n) is 4.92. The summed E-state index contributed by atoms with van der Waals surface area (Å²) >= 11 is 0. The molecule has 0 aromatic heterocycles. The van der Waals surface area contributed by atoms with E-state index in [2.05, 4.69) is 4.72 Å². The number of hydrogen-bond acceptors (Lipinski definition) is 3. The molecule has 0 saturated heterocycles. The van der Waals surface area contributed by atoms with Crippen LogP contribution in [0.4, 0.5) is 10.1 Å². The molecule has 4 nitrogen and oxygen atoms in total. The van der Waals surface area contributed by atoms with Crippen molar-refractivity contribution in [3.63, 3.8) is 0 Å². The number of hydrogen-bond donors (Lipinski definition) is 2. The molecule has 0 aliphatic heterocycles. The van der Waals surface area contributed by atoms with Crippen molar-refractivity contribution in [2.45, 2.75) is 24.8 Å². The lowest BCUT2D eigenvalue weighted by molar-refractivity contribution is 0.564. The first-order chi connectivity index (χ1) is 9.79. The van der Waals surface area contributed by atoms with Crippen LogP contribution in [-0.4, -0.2) is 8.42 Å². The van der Waals surface area contributed by atoms with Gasteiger partial charge in [-0.1, -0.05) is 12.1 Å². The van der Waals surface area contributed by atoms with Gasteiger partial charge in [0, 0.05) is 11.7 Å². The normalized spacial score (nSPS) is 13.1. The Hall–Kier alpha value is -1.92. The van der Waals surface area contributed by atoms with Gasteiger partial charge in [-0.05, 0) is 55.3 Å². The van der Waals surface area contributed by atoms with Gasteiger partial charge < -0.3 is 5.73 Å². The van der Waals surface area contributed by atoms with Crippen LogP contribution in [-0.2, 0) is 10.0 Å². The summed E-state index contributed by atoms with van der Waals surface area (Å²) in [5, 5.41) is 0. The molecule has 0 saturated carbocycles. The van der Waals surface area contributed by atoms with Crippen LogP contribution in [0.1, 0.15) is 24.1 Å². The molecule has 0 spiro atoms. The number of sulfonamides is 1. The highest BCUT2D eigenvalue weighted by Gasteiger charge is 2.20. The third-order valence-electron chi connectivity index (χ3n) is 3.17. The first-order valence-corrected chi connectivity index (χ1v) is 7.92. The lowest BCUT2D eigenvalue weighted by Crippen LogP contribution is -2.27. The van der Waals surface area contributed by atoms with E-state index in [1.807, 2.05) is 0 Å². The van der Waals surface area contributed by atoms with E-state index < -0.39 is 21.9 Å². The SMILES string of the molecule is Cc1cc(N)ccc1S(=O)(=O)NC(C)c1cccc(F)c1. The highest BCUT2D eigenvalue weighted by Crippen LogP contribution is 2.21. The number of nitrogens with one attached hydrogen (secondary N) is 1. The molecule has 21 heavy (non-hydrogen) atoms. The molecule has 2 aromatic rings. The third kappa shape index (κ3) is 3.59. The van der Waals surface area contributed by atoms with Crippen molar-refractivity contribution in [1.29, 1.82) is 0 Å². The standard InChI is InChI=1S/C15H17FN2O2S/c1-10-8-14(17)6-7-15(10)21(19,20)18-11(2)12-4-3-5-13(16)9-12/h3-9,11,18H,17H2,1-2H3. The van der Waals surface area contributed by atoms with Gasteiger partial charge in [0.05, 0.1) is 4.90 Å². The molecule has 1 unspecified atom stereocenters. The molecule has 6 heteroatoms. The first kappa shape index (κ1) is 15.5. The largest absolute Gasteiger partial charge is 0.399 e.